The third-order valence-corrected chi connectivity index (χ3v) is 2.75. The van der Waals surface area contributed by atoms with Crippen molar-refractivity contribution in [1.29, 1.82) is 0 Å². The van der Waals surface area contributed by atoms with Crippen LogP contribution in [0.5, 0.6) is 0 Å². The zero-order chi connectivity index (χ0) is 10.6. The number of thiol groups is 1. The first-order chi connectivity index (χ1) is 6.63. The third-order valence-electron chi connectivity index (χ3n) is 2.54. The SMILES string of the molecule is COC1CCCC(OC(=O)C(C)S)C1. The lowest BCUT2D eigenvalue weighted by atomic mass is 9.95. The molecule has 1 aliphatic rings. The molecule has 0 radical (unpaired) electrons. The molecule has 0 aromatic rings. The Kier molecular flexibility index (Phi) is 4.75. The van der Waals surface area contributed by atoms with Crippen molar-refractivity contribution in [2.45, 2.75) is 50.1 Å². The van der Waals surface area contributed by atoms with E-state index in [1.165, 1.54) is 0 Å². The first kappa shape index (κ1) is 11.9. The minimum Gasteiger partial charge on any atom is -0.461 e. The Morgan fingerprint density at radius 3 is 2.64 bits per heavy atom. The van der Waals surface area contributed by atoms with E-state index in [0.717, 1.165) is 25.7 Å². The van der Waals surface area contributed by atoms with Crippen LogP contribution in [0.3, 0.4) is 0 Å². The van der Waals surface area contributed by atoms with E-state index in [4.69, 9.17) is 9.47 Å². The van der Waals surface area contributed by atoms with Gasteiger partial charge in [-0.3, -0.25) is 4.79 Å². The van der Waals surface area contributed by atoms with Crippen LogP contribution in [-0.2, 0) is 14.3 Å². The van der Waals surface area contributed by atoms with Crippen molar-refractivity contribution in [2.24, 2.45) is 0 Å². The van der Waals surface area contributed by atoms with Crippen molar-refractivity contribution in [3.63, 3.8) is 0 Å². The fraction of sp³-hybridized carbons (Fsp3) is 0.900. The van der Waals surface area contributed by atoms with Crippen molar-refractivity contribution in [2.75, 3.05) is 7.11 Å². The minimum absolute atomic E-state index is 0.0239. The zero-order valence-electron chi connectivity index (χ0n) is 8.73. The first-order valence-corrected chi connectivity index (χ1v) is 5.56. The van der Waals surface area contributed by atoms with Crippen LogP contribution in [0.15, 0.2) is 0 Å². The largest absolute Gasteiger partial charge is 0.461 e. The van der Waals surface area contributed by atoms with Crippen LogP contribution in [0.1, 0.15) is 32.6 Å². The molecule has 3 unspecified atom stereocenters. The molecular formula is C10H18O3S. The van der Waals surface area contributed by atoms with Gasteiger partial charge in [-0.25, -0.2) is 0 Å². The summed E-state index contributed by atoms with van der Waals surface area (Å²) in [7, 11) is 1.70. The molecule has 4 heteroatoms. The fourth-order valence-electron chi connectivity index (χ4n) is 1.69. The molecule has 1 fully saturated rings. The van der Waals surface area contributed by atoms with Crippen LogP contribution in [0, 0.1) is 0 Å². The average Bonchev–Trinajstić information content (AvgIpc) is 2.18. The summed E-state index contributed by atoms with van der Waals surface area (Å²) < 4.78 is 10.5. The molecule has 0 N–H and O–H groups in total. The van der Waals surface area contributed by atoms with Gasteiger partial charge in [0.15, 0.2) is 0 Å². The van der Waals surface area contributed by atoms with Crippen LogP contribution in [0.2, 0.25) is 0 Å². The van der Waals surface area contributed by atoms with Gasteiger partial charge in [0.25, 0.3) is 0 Å². The van der Waals surface area contributed by atoms with E-state index in [9.17, 15) is 4.79 Å². The van der Waals surface area contributed by atoms with Crippen LogP contribution in [0.25, 0.3) is 0 Å². The van der Waals surface area contributed by atoms with Crippen LogP contribution < -0.4 is 0 Å². The van der Waals surface area contributed by atoms with Gasteiger partial charge in [0.05, 0.1) is 11.4 Å². The van der Waals surface area contributed by atoms with E-state index >= 15 is 0 Å². The molecular weight excluding hydrogens is 200 g/mol. The summed E-state index contributed by atoms with van der Waals surface area (Å²) in [4.78, 5) is 11.3. The quantitative estimate of drug-likeness (QED) is 0.579. The number of hydrogen-bond donors (Lipinski definition) is 1. The first-order valence-electron chi connectivity index (χ1n) is 5.05. The van der Waals surface area contributed by atoms with Crippen molar-refractivity contribution >= 4 is 18.6 Å². The van der Waals surface area contributed by atoms with E-state index in [1.54, 1.807) is 14.0 Å². The standard InChI is InChI=1S/C10H18O3S/c1-7(14)10(11)13-9-5-3-4-8(6-9)12-2/h7-9,14H,3-6H2,1-2H3. The molecule has 0 amide bonds. The molecule has 1 saturated carbocycles. The Labute approximate surface area is 90.6 Å². The van der Waals surface area contributed by atoms with E-state index in [2.05, 4.69) is 12.6 Å². The summed E-state index contributed by atoms with van der Waals surface area (Å²) in [5.74, 6) is -0.227. The highest BCUT2D eigenvalue weighted by atomic mass is 32.1. The molecule has 0 bridgehead atoms. The second-order valence-electron chi connectivity index (χ2n) is 3.76. The molecule has 0 spiro atoms. The molecule has 3 atom stereocenters. The van der Waals surface area contributed by atoms with Gasteiger partial charge in [0.1, 0.15) is 6.10 Å². The molecule has 0 aromatic carbocycles. The molecule has 1 aliphatic carbocycles. The number of hydrogen-bond acceptors (Lipinski definition) is 4. The number of carbonyl (C=O) groups excluding carboxylic acids is 1. The zero-order valence-corrected chi connectivity index (χ0v) is 9.63. The predicted octanol–water partition coefficient (Wildman–Crippen LogP) is 1.81. The molecule has 0 heterocycles. The molecule has 0 aliphatic heterocycles. The third kappa shape index (κ3) is 3.50. The topological polar surface area (TPSA) is 35.5 Å². The Morgan fingerprint density at radius 2 is 2.07 bits per heavy atom. The number of carbonyl (C=O) groups is 1. The second-order valence-corrected chi connectivity index (χ2v) is 4.53. The summed E-state index contributed by atoms with van der Waals surface area (Å²) in [6, 6.07) is 0. The van der Waals surface area contributed by atoms with Crippen molar-refractivity contribution < 1.29 is 14.3 Å². The van der Waals surface area contributed by atoms with Crippen LogP contribution >= 0.6 is 12.6 Å². The minimum atomic E-state index is -0.335. The predicted molar refractivity (Wildman–Crippen MR) is 57.6 cm³/mol. The Bertz CT molecular complexity index is 194. The Balaban J connectivity index is 2.34. The van der Waals surface area contributed by atoms with Gasteiger partial charge in [-0.1, -0.05) is 0 Å². The van der Waals surface area contributed by atoms with Gasteiger partial charge in [0, 0.05) is 13.5 Å². The maximum Gasteiger partial charge on any atom is 0.318 e. The normalized spacial score (nSPS) is 29.6. The molecule has 3 nitrogen and oxygen atoms in total. The number of rotatable bonds is 3. The maximum atomic E-state index is 11.3. The Hall–Kier alpha value is -0.220. The van der Waals surface area contributed by atoms with Crippen molar-refractivity contribution in [3.8, 4) is 0 Å². The van der Waals surface area contributed by atoms with Gasteiger partial charge in [0.2, 0.25) is 0 Å². The summed E-state index contributed by atoms with van der Waals surface area (Å²) >= 11 is 4.03. The van der Waals surface area contributed by atoms with E-state index in [-0.39, 0.29) is 23.4 Å². The summed E-state index contributed by atoms with van der Waals surface area (Å²) in [5.41, 5.74) is 0. The molecule has 1 rings (SSSR count). The molecule has 14 heavy (non-hydrogen) atoms. The number of ether oxygens (including phenoxy) is 2. The molecule has 0 saturated heterocycles. The number of esters is 1. The highest BCUT2D eigenvalue weighted by Gasteiger charge is 2.25. The van der Waals surface area contributed by atoms with Gasteiger partial charge >= 0.3 is 5.97 Å². The van der Waals surface area contributed by atoms with Gasteiger partial charge in [-0.2, -0.15) is 12.6 Å². The van der Waals surface area contributed by atoms with Crippen molar-refractivity contribution in [3.05, 3.63) is 0 Å². The number of methoxy groups -OCH3 is 1. The smallest absolute Gasteiger partial charge is 0.318 e. The highest BCUT2D eigenvalue weighted by molar-refractivity contribution is 7.81. The summed E-state index contributed by atoms with van der Waals surface area (Å²) in [5, 5.41) is -0.335. The lowest BCUT2D eigenvalue weighted by Gasteiger charge is -2.28. The maximum absolute atomic E-state index is 11.3. The highest BCUT2D eigenvalue weighted by Crippen LogP contribution is 2.23. The average molecular weight is 218 g/mol. The van der Waals surface area contributed by atoms with Gasteiger partial charge < -0.3 is 9.47 Å². The summed E-state index contributed by atoms with van der Waals surface area (Å²) in [6.45, 7) is 1.72. The lowest BCUT2D eigenvalue weighted by Crippen LogP contribution is -2.31. The van der Waals surface area contributed by atoms with Gasteiger partial charge in [-0.15, -0.1) is 0 Å². The Morgan fingerprint density at radius 1 is 1.43 bits per heavy atom. The molecule has 0 aromatic heterocycles. The van der Waals surface area contributed by atoms with E-state index < -0.39 is 0 Å². The van der Waals surface area contributed by atoms with Gasteiger partial charge in [-0.05, 0) is 26.2 Å². The van der Waals surface area contributed by atoms with E-state index in [1.807, 2.05) is 0 Å². The second kappa shape index (κ2) is 5.61. The van der Waals surface area contributed by atoms with E-state index in [0.29, 0.717) is 0 Å². The molecule has 82 valence electrons. The summed E-state index contributed by atoms with van der Waals surface area (Å²) in [6.07, 6.45) is 4.18. The lowest BCUT2D eigenvalue weighted by molar-refractivity contribution is -0.151. The van der Waals surface area contributed by atoms with Crippen LogP contribution in [-0.4, -0.2) is 30.5 Å². The monoisotopic (exact) mass is 218 g/mol. The fourth-order valence-corrected chi connectivity index (χ4v) is 1.75. The van der Waals surface area contributed by atoms with Crippen LogP contribution in [0.4, 0.5) is 0 Å². The van der Waals surface area contributed by atoms with Crippen molar-refractivity contribution in [1.82, 2.24) is 0 Å².